The van der Waals surface area contributed by atoms with Crippen molar-refractivity contribution in [3.8, 4) is 0 Å². The molecule has 2 nitrogen and oxygen atoms in total. The fraction of sp³-hybridized carbons (Fsp3) is 1.00. The van der Waals surface area contributed by atoms with E-state index in [1.54, 1.807) is 0 Å². The molecule has 0 aromatic rings. The summed E-state index contributed by atoms with van der Waals surface area (Å²) < 4.78 is 8.51. The summed E-state index contributed by atoms with van der Waals surface area (Å²) in [6.45, 7) is 4.46. The molecule has 0 aliphatic heterocycles. The Morgan fingerprint density at radius 2 is 1.44 bits per heavy atom. The van der Waals surface area contributed by atoms with Gasteiger partial charge in [-0.3, -0.25) is 0 Å². The molecule has 1 unspecified atom stereocenters. The molecule has 3 heteroatoms. The molecule has 0 aliphatic carbocycles. The van der Waals surface area contributed by atoms with Gasteiger partial charge in [-0.1, -0.05) is 39.5 Å². The highest BCUT2D eigenvalue weighted by molar-refractivity contribution is 7.16. The maximum Gasteiger partial charge on any atom is 0.491 e. The fourth-order valence-corrected chi connectivity index (χ4v) is 0.500. The standard InChI is InChI=1S/C6H14.HO2P/c1-3-5-6-4-2;1-3-2/h3-6H2,1-2H3;3H/p+1. The zero-order chi connectivity index (χ0) is 7.54. The summed E-state index contributed by atoms with van der Waals surface area (Å²) in [5.41, 5.74) is 0. The molecule has 0 saturated carbocycles. The van der Waals surface area contributed by atoms with Gasteiger partial charge in [-0.2, -0.15) is 4.89 Å². The van der Waals surface area contributed by atoms with Crippen molar-refractivity contribution in [2.24, 2.45) is 0 Å². The van der Waals surface area contributed by atoms with E-state index in [1.807, 2.05) is 0 Å². The van der Waals surface area contributed by atoms with Crippen LogP contribution in [0.2, 0.25) is 0 Å². The maximum absolute atomic E-state index is 8.51. The van der Waals surface area contributed by atoms with E-state index in [-0.39, 0.29) is 0 Å². The molecule has 0 bridgehead atoms. The largest absolute Gasteiger partial charge is 0.491 e. The van der Waals surface area contributed by atoms with Gasteiger partial charge in [0.1, 0.15) is 0 Å². The van der Waals surface area contributed by atoms with E-state index in [1.165, 1.54) is 25.7 Å². The third-order valence-electron chi connectivity index (χ3n) is 0.957. The Hall–Kier alpha value is 0.0600. The smallest absolute Gasteiger partial charge is 0.162 e. The SMILES string of the molecule is CCCCCC.O=[PH+]O. The molecule has 9 heavy (non-hydrogen) atoms. The Labute approximate surface area is 58.6 Å². The minimum absolute atomic E-state index is 1.17. The molecule has 56 valence electrons. The first kappa shape index (κ1) is 11.8. The number of hydrogen-bond donors (Lipinski definition) is 1. The van der Waals surface area contributed by atoms with Crippen molar-refractivity contribution in [1.82, 2.24) is 0 Å². The van der Waals surface area contributed by atoms with Crippen molar-refractivity contribution in [3.05, 3.63) is 0 Å². The van der Waals surface area contributed by atoms with E-state index < -0.39 is 8.69 Å². The summed E-state index contributed by atoms with van der Waals surface area (Å²) in [5, 5.41) is 0. The Balaban J connectivity index is 0. The van der Waals surface area contributed by atoms with Crippen LogP contribution in [0.1, 0.15) is 39.5 Å². The topological polar surface area (TPSA) is 37.3 Å². The van der Waals surface area contributed by atoms with E-state index in [0.29, 0.717) is 0 Å². The van der Waals surface area contributed by atoms with Crippen LogP contribution in [-0.2, 0) is 4.57 Å². The Kier molecular flexibility index (Phi) is 20.6. The minimum Gasteiger partial charge on any atom is -0.162 e. The highest BCUT2D eigenvalue weighted by Gasteiger charge is 1.75. The zero-order valence-corrected chi connectivity index (χ0v) is 7.18. The van der Waals surface area contributed by atoms with Crippen molar-refractivity contribution >= 4 is 8.69 Å². The zero-order valence-electron chi connectivity index (χ0n) is 6.18. The second kappa shape index (κ2) is 15.7. The Morgan fingerprint density at radius 1 is 1.22 bits per heavy atom. The monoisotopic (exact) mass is 151 g/mol. The van der Waals surface area contributed by atoms with Crippen LogP contribution in [0.25, 0.3) is 0 Å². The lowest BCUT2D eigenvalue weighted by molar-refractivity contribution is 0.524. The lowest BCUT2D eigenvalue weighted by Crippen LogP contribution is -1.66. The summed E-state index contributed by atoms with van der Waals surface area (Å²) in [5.74, 6) is 0. The van der Waals surface area contributed by atoms with Gasteiger partial charge in [0.05, 0.1) is 0 Å². The van der Waals surface area contributed by atoms with Crippen molar-refractivity contribution in [2.45, 2.75) is 39.5 Å². The number of rotatable bonds is 3. The minimum atomic E-state index is -1.17. The van der Waals surface area contributed by atoms with Gasteiger partial charge in [-0.05, 0) is 4.57 Å². The van der Waals surface area contributed by atoms with Crippen LogP contribution in [0.15, 0.2) is 0 Å². The van der Waals surface area contributed by atoms with Gasteiger partial charge in [-0.15, -0.1) is 0 Å². The van der Waals surface area contributed by atoms with Gasteiger partial charge in [0.2, 0.25) is 0 Å². The van der Waals surface area contributed by atoms with E-state index in [4.69, 9.17) is 9.46 Å². The molecule has 0 spiro atoms. The highest BCUT2D eigenvalue weighted by atomic mass is 31.1. The fourth-order valence-electron chi connectivity index (χ4n) is 0.500. The van der Waals surface area contributed by atoms with Crippen molar-refractivity contribution in [2.75, 3.05) is 0 Å². The molecule has 1 N–H and O–H groups in total. The van der Waals surface area contributed by atoms with Gasteiger partial charge in [0.15, 0.2) is 0 Å². The van der Waals surface area contributed by atoms with Gasteiger partial charge in [0, 0.05) is 0 Å². The molecular weight excluding hydrogens is 135 g/mol. The normalized spacial score (nSPS) is 8.33. The second-order valence-electron chi connectivity index (χ2n) is 1.80. The van der Waals surface area contributed by atoms with E-state index in [9.17, 15) is 0 Å². The van der Waals surface area contributed by atoms with Gasteiger partial charge in [0.25, 0.3) is 0 Å². The summed E-state index contributed by atoms with van der Waals surface area (Å²) >= 11 is 0. The second-order valence-corrected chi connectivity index (χ2v) is 1.98. The Morgan fingerprint density at radius 3 is 1.56 bits per heavy atom. The highest BCUT2D eigenvalue weighted by Crippen LogP contribution is 1.95. The molecule has 0 aromatic heterocycles. The maximum atomic E-state index is 8.51. The van der Waals surface area contributed by atoms with Crippen LogP contribution in [0.4, 0.5) is 0 Å². The summed E-state index contributed by atoms with van der Waals surface area (Å²) in [7, 11) is -1.17. The summed E-state index contributed by atoms with van der Waals surface area (Å²) in [4.78, 5) is 7.04. The van der Waals surface area contributed by atoms with Crippen LogP contribution < -0.4 is 0 Å². The first-order chi connectivity index (χ1) is 4.33. The molecule has 0 aromatic carbocycles. The predicted octanol–water partition coefficient (Wildman–Crippen LogP) is 2.50. The average molecular weight is 151 g/mol. The number of hydrogen-bond acceptors (Lipinski definition) is 1. The third kappa shape index (κ3) is 31.6. The van der Waals surface area contributed by atoms with E-state index in [0.717, 1.165) is 0 Å². The first-order valence-corrected chi connectivity index (χ1v) is 4.20. The molecule has 0 heterocycles. The molecular formula is C6H16O2P+. The van der Waals surface area contributed by atoms with Crippen molar-refractivity contribution in [3.63, 3.8) is 0 Å². The van der Waals surface area contributed by atoms with Crippen LogP contribution in [-0.4, -0.2) is 4.89 Å². The molecule has 1 atom stereocenters. The third-order valence-corrected chi connectivity index (χ3v) is 0.957. The van der Waals surface area contributed by atoms with Gasteiger partial charge >= 0.3 is 8.69 Å². The van der Waals surface area contributed by atoms with E-state index >= 15 is 0 Å². The molecule has 0 radical (unpaired) electrons. The number of unbranched alkanes of at least 4 members (excludes halogenated alkanes) is 3. The van der Waals surface area contributed by atoms with Crippen LogP contribution in [0, 0.1) is 0 Å². The summed E-state index contributed by atoms with van der Waals surface area (Å²) in [6.07, 6.45) is 5.54. The van der Waals surface area contributed by atoms with Gasteiger partial charge in [-0.25, -0.2) is 0 Å². The summed E-state index contributed by atoms with van der Waals surface area (Å²) in [6, 6.07) is 0. The van der Waals surface area contributed by atoms with Crippen LogP contribution >= 0.6 is 8.69 Å². The van der Waals surface area contributed by atoms with Crippen LogP contribution in [0.5, 0.6) is 0 Å². The lowest BCUT2D eigenvalue weighted by Gasteiger charge is -1.86. The Bertz CT molecular complexity index is 44.3. The van der Waals surface area contributed by atoms with Gasteiger partial charge < -0.3 is 0 Å². The molecule has 0 fully saturated rings. The lowest BCUT2D eigenvalue weighted by atomic mass is 10.2. The molecule has 0 amide bonds. The van der Waals surface area contributed by atoms with Crippen molar-refractivity contribution < 1.29 is 9.46 Å². The molecule has 0 rings (SSSR count). The molecule has 0 aliphatic rings. The average Bonchev–Trinajstić information content (AvgIpc) is 1.86. The quantitative estimate of drug-likeness (QED) is 0.497. The first-order valence-electron chi connectivity index (χ1n) is 3.34. The van der Waals surface area contributed by atoms with E-state index in [2.05, 4.69) is 13.8 Å². The molecule has 0 saturated heterocycles. The van der Waals surface area contributed by atoms with Crippen LogP contribution in [0.3, 0.4) is 0 Å². The van der Waals surface area contributed by atoms with Crippen molar-refractivity contribution in [1.29, 1.82) is 0 Å². The predicted molar refractivity (Wildman–Crippen MR) is 41.0 cm³/mol.